The third kappa shape index (κ3) is 2.52. The molecule has 0 atom stereocenters. The second-order valence-corrected chi connectivity index (χ2v) is 8.12. The molecule has 0 saturated heterocycles. The van der Waals surface area contributed by atoms with E-state index in [0.29, 0.717) is 11.8 Å². The third-order valence-electron chi connectivity index (χ3n) is 6.04. The van der Waals surface area contributed by atoms with E-state index < -0.39 is 5.54 Å². The molecule has 0 spiro atoms. The molecule has 1 fully saturated rings. The molecule has 0 aliphatic heterocycles. The number of aromatic nitrogens is 2. The number of amides is 1. The zero-order valence-corrected chi connectivity index (χ0v) is 15.5. The Morgan fingerprint density at radius 3 is 2.46 bits per heavy atom. The van der Waals surface area contributed by atoms with Crippen LogP contribution in [0.5, 0.6) is 0 Å². The molecule has 5 heteroatoms. The van der Waals surface area contributed by atoms with Crippen LogP contribution in [0.1, 0.15) is 73.6 Å². The van der Waals surface area contributed by atoms with E-state index in [-0.39, 0.29) is 5.91 Å². The van der Waals surface area contributed by atoms with Gasteiger partial charge in [-0.15, -0.1) is 0 Å². The maximum atomic E-state index is 13.1. The van der Waals surface area contributed by atoms with Crippen LogP contribution < -0.4 is 5.32 Å². The summed E-state index contributed by atoms with van der Waals surface area (Å²) in [6, 6.07) is 6.12. The molecule has 134 valence electrons. The summed E-state index contributed by atoms with van der Waals surface area (Å²) in [5.74, 6) is 0.825. The molecule has 0 unspecified atom stereocenters. The molecule has 1 heterocycles. The summed E-state index contributed by atoms with van der Waals surface area (Å²) in [5, 5.41) is 17.0. The van der Waals surface area contributed by atoms with Gasteiger partial charge in [0.25, 0.3) is 5.91 Å². The van der Waals surface area contributed by atoms with E-state index in [0.717, 1.165) is 42.5 Å². The second-order valence-electron chi connectivity index (χ2n) is 8.12. The highest BCUT2D eigenvalue weighted by atomic mass is 16.2. The van der Waals surface area contributed by atoms with Gasteiger partial charge in [-0.2, -0.15) is 10.4 Å². The highest BCUT2D eigenvalue weighted by Crippen LogP contribution is 2.52. The van der Waals surface area contributed by atoms with Crippen LogP contribution in [-0.2, 0) is 10.3 Å². The van der Waals surface area contributed by atoms with Gasteiger partial charge in [-0.1, -0.05) is 0 Å². The van der Waals surface area contributed by atoms with Crippen LogP contribution >= 0.6 is 0 Å². The number of aryl methyl sites for hydroxylation is 1. The molecule has 2 aromatic rings. The van der Waals surface area contributed by atoms with Gasteiger partial charge in [0.05, 0.1) is 17.8 Å². The SMILES string of the molecule is Cc1cnn(C(C)(C)C(=O)Nc2ccc(C#N)c3c2C2CCC3CC2)c1. The van der Waals surface area contributed by atoms with Gasteiger partial charge in [-0.3, -0.25) is 9.48 Å². The van der Waals surface area contributed by atoms with Crippen LogP contribution in [-0.4, -0.2) is 15.7 Å². The predicted molar refractivity (Wildman–Crippen MR) is 100 cm³/mol. The van der Waals surface area contributed by atoms with Crippen molar-refractivity contribution in [2.24, 2.45) is 0 Å². The molecule has 0 radical (unpaired) electrons. The van der Waals surface area contributed by atoms with E-state index in [1.165, 1.54) is 11.1 Å². The molecule has 5 nitrogen and oxygen atoms in total. The van der Waals surface area contributed by atoms with E-state index in [1.807, 2.05) is 39.1 Å². The molecule has 1 aromatic carbocycles. The van der Waals surface area contributed by atoms with Crippen molar-refractivity contribution in [2.45, 2.75) is 63.8 Å². The number of nitrogens with zero attached hydrogens (tertiary/aromatic N) is 3. The number of fused-ring (bicyclic) bond motifs is 2. The van der Waals surface area contributed by atoms with Gasteiger partial charge in [0, 0.05) is 11.9 Å². The van der Waals surface area contributed by atoms with Gasteiger partial charge in [0.15, 0.2) is 0 Å². The largest absolute Gasteiger partial charge is 0.324 e. The summed E-state index contributed by atoms with van der Waals surface area (Å²) in [5.41, 5.74) is 4.26. The molecular formula is C21H24N4O. The lowest BCUT2D eigenvalue weighted by Gasteiger charge is -2.40. The maximum absolute atomic E-state index is 13.1. The number of nitrogens with one attached hydrogen (secondary N) is 1. The Balaban J connectivity index is 1.71. The smallest absolute Gasteiger partial charge is 0.251 e. The van der Waals surface area contributed by atoms with E-state index in [9.17, 15) is 10.1 Å². The topological polar surface area (TPSA) is 70.7 Å². The Labute approximate surface area is 154 Å². The first kappa shape index (κ1) is 16.8. The lowest BCUT2D eigenvalue weighted by Crippen LogP contribution is -2.41. The fraction of sp³-hybridized carbons (Fsp3) is 0.476. The van der Waals surface area contributed by atoms with E-state index in [4.69, 9.17) is 0 Å². The average molecular weight is 348 g/mol. The molecule has 2 bridgehead atoms. The summed E-state index contributed by atoms with van der Waals surface area (Å²) in [6.07, 6.45) is 8.26. The lowest BCUT2D eigenvalue weighted by atomic mass is 9.65. The Morgan fingerprint density at radius 1 is 1.23 bits per heavy atom. The number of rotatable bonds is 3. The minimum Gasteiger partial charge on any atom is -0.324 e. The number of anilines is 1. The second kappa shape index (κ2) is 5.98. The molecule has 5 rings (SSSR count). The highest BCUT2D eigenvalue weighted by Gasteiger charge is 2.38. The van der Waals surface area contributed by atoms with E-state index in [2.05, 4.69) is 16.5 Å². The summed E-state index contributed by atoms with van der Waals surface area (Å²) >= 11 is 0. The van der Waals surface area contributed by atoms with Crippen molar-refractivity contribution >= 4 is 11.6 Å². The number of benzene rings is 1. The van der Waals surface area contributed by atoms with Crippen molar-refractivity contribution in [3.63, 3.8) is 0 Å². The summed E-state index contributed by atoms with van der Waals surface area (Å²) in [4.78, 5) is 13.1. The van der Waals surface area contributed by atoms with Crippen molar-refractivity contribution in [3.05, 3.63) is 46.8 Å². The van der Waals surface area contributed by atoms with Crippen molar-refractivity contribution in [2.75, 3.05) is 5.32 Å². The molecule has 1 N–H and O–H groups in total. The van der Waals surface area contributed by atoms with Gasteiger partial charge in [0.1, 0.15) is 5.54 Å². The zero-order valence-electron chi connectivity index (χ0n) is 15.5. The molecule has 1 saturated carbocycles. The van der Waals surface area contributed by atoms with Gasteiger partial charge < -0.3 is 5.32 Å². The fourth-order valence-electron chi connectivity index (χ4n) is 4.49. The molecule has 3 aliphatic rings. The van der Waals surface area contributed by atoms with Crippen LogP contribution in [0.4, 0.5) is 5.69 Å². The average Bonchev–Trinajstić information content (AvgIpc) is 3.10. The quantitative estimate of drug-likeness (QED) is 0.904. The molecule has 1 amide bonds. The van der Waals surface area contributed by atoms with Gasteiger partial charge in [0.2, 0.25) is 0 Å². The number of hydrogen-bond acceptors (Lipinski definition) is 3. The van der Waals surface area contributed by atoms with Gasteiger partial charge >= 0.3 is 0 Å². The Hall–Kier alpha value is -2.61. The van der Waals surface area contributed by atoms with Crippen molar-refractivity contribution in [1.82, 2.24) is 9.78 Å². The highest BCUT2D eigenvalue weighted by molar-refractivity contribution is 5.97. The van der Waals surface area contributed by atoms with Crippen LogP contribution in [0.25, 0.3) is 0 Å². The van der Waals surface area contributed by atoms with Crippen molar-refractivity contribution in [3.8, 4) is 6.07 Å². The predicted octanol–water partition coefficient (Wildman–Crippen LogP) is 4.19. The Morgan fingerprint density at radius 2 is 1.88 bits per heavy atom. The molecule has 26 heavy (non-hydrogen) atoms. The number of hydrogen-bond donors (Lipinski definition) is 1. The van der Waals surface area contributed by atoms with Crippen LogP contribution in [0.15, 0.2) is 24.5 Å². The number of carbonyl (C=O) groups excluding carboxylic acids is 1. The molecular weight excluding hydrogens is 324 g/mol. The number of carbonyl (C=O) groups is 1. The maximum Gasteiger partial charge on any atom is 0.251 e. The first-order valence-corrected chi connectivity index (χ1v) is 9.32. The monoisotopic (exact) mass is 348 g/mol. The van der Waals surface area contributed by atoms with Crippen molar-refractivity contribution < 1.29 is 4.79 Å². The minimum atomic E-state index is -0.789. The van der Waals surface area contributed by atoms with Gasteiger partial charge in [-0.25, -0.2) is 0 Å². The normalized spacial score (nSPS) is 21.2. The fourth-order valence-corrected chi connectivity index (χ4v) is 4.49. The first-order valence-electron chi connectivity index (χ1n) is 9.32. The van der Waals surface area contributed by atoms with E-state index >= 15 is 0 Å². The van der Waals surface area contributed by atoms with Gasteiger partial charge in [-0.05, 0) is 87.1 Å². The zero-order chi connectivity index (χ0) is 18.5. The van der Waals surface area contributed by atoms with Crippen LogP contribution in [0, 0.1) is 18.3 Å². The van der Waals surface area contributed by atoms with Crippen LogP contribution in [0.3, 0.4) is 0 Å². The van der Waals surface area contributed by atoms with E-state index in [1.54, 1.807) is 10.9 Å². The molecule has 1 aromatic heterocycles. The van der Waals surface area contributed by atoms with Crippen LogP contribution in [0.2, 0.25) is 0 Å². The standard InChI is InChI=1S/C21H24N4O/c1-13-11-23-25(12-13)21(2,3)20(26)24-17-9-8-16(10-22)18-14-4-6-15(7-5-14)19(17)18/h8-9,11-12,14-15H,4-7H2,1-3H3,(H,24,26). The summed E-state index contributed by atoms with van der Waals surface area (Å²) in [7, 11) is 0. The van der Waals surface area contributed by atoms with Crippen molar-refractivity contribution in [1.29, 1.82) is 5.26 Å². The minimum absolute atomic E-state index is 0.0889. The Kier molecular flexibility index (Phi) is 3.87. The first-order chi connectivity index (χ1) is 12.4. The summed E-state index contributed by atoms with van der Waals surface area (Å²) in [6.45, 7) is 5.71. The lowest BCUT2D eigenvalue weighted by molar-refractivity contribution is -0.123. The summed E-state index contributed by atoms with van der Waals surface area (Å²) < 4.78 is 1.71. The molecule has 3 aliphatic carbocycles. The third-order valence-corrected chi connectivity index (χ3v) is 6.04. The Bertz CT molecular complexity index is 911. The number of nitriles is 1.